The van der Waals surface area contributed by atoms with Crippen LogP contribution in [0.25, 0.3) is 5.69 Å². The van der Waals surface area contributed by atoms with E-state index < -0.39 is 5.60 Å². The number of aliphatic hydroxyl groups is 1. The van der Waals surface area contributed by atoms with Crippen molar-refractivity contribution in [2.45, 2.75) is 12.5 Å². The second kappa shape index (κ2) is 7.82. The number of nitrogens with one attached hydrogen (secondary N) is 1. The molecule has 1 atom stereocenters. The number of morpholine rings is 1. The fourth-order valence-electron chi connectivity index (χ4n) is 2.96. The van der Waals surface area contributed by atoms with E-state index in [1.807, 2.05) is 41.2 Å². The molecule has 1 saturated heterocycles. The highest BCUT2D eigenvalue weighted by atomic mass is 16.5. The van der Waals surface area contributed by atoms with E-state index in [0.717, 1.165) is 18.8 Å². The quantitative estimate of drug-likeness (QED) is 0.829. The van der Waals surface area contributed by atoms with E-state index in [1.54, 1.807) is 19.1 Å². The van der Waals surface area contributed by atoms with Crippen LogP contribution in [0.2, 0.25) is 0 Å². The minimum absolute atomic E-state index is 0.179. The van der Waals surface area contributed by atoms with Crippen molar-refractivity contribution in [3.8, 4) is 5.69 Å². The third-order valence-corrected chi connectivity index (χ3v) is 4.33. The maximum absolute atomic E-state index is 12.3. The molecule has 1 amide bonds. The molecule has 25 heavy (non-hydrogen) atoms. The summed E-state index contributed by atoms with van der Waals surface area (Å²) in [4.78, 5) is 14.5. The molecule has 0 aliphatic carbocycles. The number of β-amino-alcohol motifs (C(OH)–C–C–N with tert-alkyl or cyclic N) is 1. The van der Waals surface area contributed by atoms with Crippen molar-refractivity contribution in [3.63, 3.8) is 0 Å². The zero-order valence-electron chi connectivity index (χ0n) is 14.5. The molecule has 1 unspecified atom stereocenters. The van der Waals surface area contributed by atoms with Gasteiger partial charge in [-0.3, -0.25) is 9.69 Å². The lowest BCUT2D eigenvalue weighted by Gasteiger charge is -2.33. The van der Waals surface area contributed by atoms with Crippen molar-refractivity contribution in [1.29, 1.82) is 0 Å². The zero-order chi connectivity index (χ0) is 17.7. The molecule has 0 radical (unpaired) electrons. The second-order valence-electron chi connectivity index (χ2n) is 6.71. The molecule has 1 aromatic heterocycles. The fraction of sp³-hybridized carbons (Fsp3) is 0.421. The Balaban J connectivity index is 1.52. The predicted molar refractivity (Wildman–Crippen MR) is 96.0 cm³/mol. The molecule has 0 bridgehead atoms. The summed E-state index contributed by atoms with van der Waals surface area (Å²) in [5.74, 6) is -0.179. The lowest BCUT2D eigenvalue weighted by atomic mass is 10.1. The van der Waals surface area contributed by atoms with E-state index in [0.29, 0.717) is 25.3 Å². The monoisotopic (exact) mass is 343 g/mol. The SMILES string of the molecule is CC(O)(CNC(=O)c1ccc(-n2cccc2)cc1)CN1CCOCC1. The molecule has 1 aromatic carbocycles. The lowest BCUT2D eigenvalue weighted by molar-refractivity contribution is -0.0213. The molecule has 134 valence electrons. The lowest BCUT2D eigenvalue weighted by Crippen LogP contribution is -2.51. The van der Waals surface area contributed by atoms with Crippen LogP contribution in [0, 0.1) is 0 Å². The van der Waals surface area contributed by atoms with Gasteiger partial charge in [-0.25, -0.2) is 0 Å². The Morgan fingerprint density at radius 2 is 1.84 bits per heavy atom. The molecule has 2 aromatic rings. The molecule has 0 spiro atoms. The molecule has 0 saturated carbocycles. The van der Waals surface area contributed by atoms with Gasteiger partial charge >= 0.3 is 0 Å². The van der Waals surface area contributed by atoms with Crippen molar-refractivity contribution in [3.05, 3.63) is 54.4 Å². The predicted octanol–water partition coefficient (Wildman–Crippen LogP) is 1.29. The number of nitrogens with zero attached hydrogens (tertiary/aromatic N) is 2. The van der Waals surface area contributed by atoms with Crippen LogP contribution in [0.3, 0.4) is 0 Å². The van der Waals surface area contributed by atoms with Gasteiger partial charge < -0.3 is 19.7 Å². The van der Waals surface area contributed by atoms with Crippen LogP contribution in [-0.4, -0.2) is 65.5 Å². The van der Waals surface area contributed by atoms with Gasteiger partial charge in [-0.2, -0.15) is 0 Å². The van der Waals surface area contributed by atoms with Crippen LogP contribution < -0.4 is 5.32 Å². The summed E-state index contributed by atoms with van der Waals surface area (Å²) in [6.45, 7) is 5.48. The minimum Gasteiger partial charge on any atom is -0.387 e. The number of hydrogen-bond acceptors (Lipinski definition) is 4. The Morgan fingerprint density at radius 3 is 2.48 bits per heavy atom. The summed E-state index contributed by atoms with van der Waals surface area (Å²) < 4.78 is 7.29. The summed E-state index contributed by atoms with van der Waals surface area (Å²) in [7, 11) is 0. The van der Waals surface area contributed by atoms with Gasteiger partial charge in [0.2, 0.25) is 0 Å². The van der Waals surface area contributed by atoms with Gasteiger partial charge in [-0.1, -0.05) is 0 Å². The van der Waals surface area contributed by atoms with Gasteiger partial charge in [0.05, 0.1) is 18.8 Å². The topological polar surface area (TPSA) is 66.7 Å². The van der Waals surface area contributed by atoms with Crippen molar-refractivity contribution in [2.24, 2.45) is 0 Å². The van der Waals surface area contributed by atoms with Gasteiger partial charge in [0.1, 0.15) is 0 Å². The number of benzene rings is 1. The van der Waals surface area contributed by atoms with E-state index in [1.165, 1.54) is 0 Å². The third-order valence-electron chi connectivity index (χ3n) is 4.33. The molecule has 6 nitrogen and oxygen atoms in total. The van der Waals surface area contributed by atoms with E-state index in [-0.39, 0.29) is 12.5 Å². The van der Waals surface area contributed by atoms with Crippen molar-refractivity contribution >= 4 is 5.91 Å². The van der Waals surface area contributed by atoms with Gasteiger partial charge in [0, 0.05) is 49.8 Å². The molecular formula is C19H25N3O3. The van der Waals surface area contributed by atoms with Crippen LogP contribution in [0.5, 0.6) is 0 Å². The smallest absolute Gasteiger partial charge is 0.251 e. The molecule has 2 N–H and O–H groups in total. The maximum atomic E-state index is 12.3. The Bertz CT molecular complexity index is 674. The van der Waals surface area contributed by atoms with Crippen LogP contribution in [-0.2, 0) is 4.74 Å². The summed E-state index contributed by atoms with van der Waals surface area (Å²) in [5, 5.41) is 13.4. The normalized spacial score (nSPS) is 17.8. The number of carbonyl (C=O) groups is 1. The summed E-state index contributed by atoms with van der Waals surface area (Å²) in [5.41, 5.74) is 0.608. The maximum Gasteiger partial charge on any atom is 0.251 e. The highest BCUT2D eigenvalue weighted by Crippen LogP contribution is 2.11. The standard InChI is InChI=1S/C19H25N3O3/c1-19(24,15-21-10-12-25-13-11-21)14-20-18(23)16-4-6-17(7-5-16)22-8-2-3-9-22/h2-9,24H,10-15H2,1H3,(H,20,23). The van der Waals surface area contributed by atoms with Gasteiger partial charge in [0.15, 0.2) is 0 Å². The Morgan fingerprint density at radius 1 is 1.20 bits per heavy atom. The van der Waals surface area contributed by atoms with Crippen LogP contribution in [0.1, 0.15) is 17.3 Å². The zero-order valence-corrected chi connectivity index (χ0v) is 14.5. The second-order valence-corrected chi connectivity index (χ2v) is 6.71. The average molecular weight is 343 g/mol. The number of aromatic nitrogens is 1. The van der Waals surface area contributed by atoms with Crippen molar-refractivity contribution in [1.82, 2.24) is 14.8 Å². The average Bonchev–Trinajstić information content (AvgIpc) is 3.15. The molecule has 1 fully saturated rings. The number of ether oxygens (including phenoxy) is 1. The van der Waals surface area contributed by atoms with Gasteiger partial charge in [0.25, 0.3) is 5.91 Å². The number of hydrogen-bond donors (Lipinski definition) is 2. The largest absolute Gasteiger partial charge is 0.387 e. The highest BCUT2D eigenvalue weighted by Gasteiger charge is 2.26. The summed E-state index contributed by atoms with van der Waals surface area (Å²) in [6.07, 6.45) is 3.91. The number of amides is 1. The van der Waals surface area contributed by atoms with E-state index in [9.17, 15) is 9.90 Å². The first-order valence-electron chi connectivity index (χ1n) is 8.58. The minimum atomic E-state index is -0.974. The van der Waals surface area contributed by atoms with E-state index in [2.05, 4.69) is 10.2 Å². The Labute approximate surface area is 148 Å². The Hall–Kier alpha value is -2.15. The van der Waals surface area contributed by atoms with Crippen molar-refractivity contribution < 1.29 is 14.6 Å². The molecule has 6 heteroatoms. The summed E-state index contributed by atoms with van der Waals surface area (Å²) >= 11 is 0. The number of rotatable bonds is 6. The first-order valence-corrected chi connectivity index (χ1v) is 8.58. The van der Waals surface area contributed by atoms with E-state index in [4.69, 9.17) is 4.74 Å². The molecule has 1 aliphatic heterocycles. The molecule has 1 aliphatic rings. The van der Waals surface area contributed by atoms with Crippen LogP contribution >= 0.6 is 0 Å². The van der Waals surface area contributed by atoms with Crippen LogP contribution in [0.4, 0.5) is 0 Å². The molecule has 3 rings (SSSR count). The van der Waals surface area contributed by atoms with Gasteiger partial charge in [-0.15, -0.1) is 0 Å². The number of carbonyl (C=O) groups excluding carboxylic acids is 1. The highest BCUT2D eigenvalue weighted by molar-refractivity contribution is 5.94. The van der Waals surface area contributed by atoms with Crippen molar-refractivity contribution in [2.75, 3.05) is 39.4 Å². The third kappa shape index (κ3) is 4.92. The first kappa shape index (κ1) is 17.7. The first-order chi connectivity index (χ1) is 12.0. The fourth-order valence-corrected chi connectivity index (χ4v) is 2.96. The molecule has 2 heterocycles. The summed E-state index contributed by atoms with van der Waals surface area (Å²) in [6, 6.07) is 11.3. The van der Waals surface area contributed by atoms with Crippen LogP contribution in [0.15, 0.2) is 48.8 Å². The van der Waals surface area contributed by atoms with E-state index >= 15 is 0 Å². The van der Waals surface area contributed by atoms with Gasteiger partial charge in [-0.05, 0) is 43.3 Å². The molecular weight excluding hydrogens is 318 g/mol. The Kier molecular flexibility index (Phi) is 5.53.